The number of aliphatic hydroxyl groups excluding tert-OH is 2. The minimum absolute atomic E-state index is 0.153. The van der Waals surface area contributed by atoms with Gasteiger partial charge in [-0.2, -0.15) is 0 Å². The first-order valence-corrected chi connectivity index (χ1v) is 6.86. The predicted molar refractivity (Wildman–Crippen MR) is 75.6 cm³/mol. The summed E-state index contributed by atoms with van der Waals surface area (Å²) in [5.74, 6) is 5.67. The molecule has 1 fully saturated rings. The molecule has 3 rings (SSSR count). The number of aromatic nitrogens is 2. The van der Waals surface area contributed by atoms with Crippen molar-refractivity contribution in [2.24, 2.45) is 5.84 Å². The highest BCUT2D eigenvalue weighted by Gasteiger charge is 2.53. The lowest BCUT2D eigenvalue weighted by atomic mass is 9.89. The summed E-state index contributed by atoms with van der Waals surface area (Å²) >= 11 is 0. The Morgan fingerprint density at radius 3 is 2.91 bits per heavy atom. The van der Waals surface area contributed by atoms with E-state index >= 15 is 0 Å². The molecule has 0 unspecified atom stereocenters. The van der Waals surface area contributed by atoms with E-state index in [2.05, 4.69) is 15.4 Å². The van der Waals surface area contributed by atoms with Gasteiger partial charge in [-0.3, -0.25) is 0 Å². The number of anilines is 1. The average Bonchev–Trinajstić information content (AvgIpc) is 3.01. The summed E-state index contributed by atoms with van der Waals surface area (Å²) in [6.07, 6.45) is 0.261. The molecule has 0 amide bonds. The molecular formula is C13H18N4O5. The fourth-order valence-corrected chi connectivity index (χ4v) is 2.82. The summed E-state index contributed by atoms with van der Waals surface area (Å²) < 4.78 is 11.1. The van der Waals surface area contributed by atoms with Gasteiger partial charge in [-0.25, -0.2) is 15.8 Å². The first-order valence-electron chi connectivity index (χ1n) is 6.86. The highest BCUT2D eigenvalue weighted by Crippen LogP contribution is 2.45. The van der Waals surface area contributed by atoms with Crippen LogP contribution in [0.15, 0.2) is 17.0 Å². The fourth-order valence-electron chi connectivity index (χ4n) is 2.82. The predicted octanol–water partition coefficient (Wildman–Crippen LogP) is -0.557. The molecule has 6 N–H and O–H groups in total. The molecule has 1 aliphatic heterocycles. The number of furan rings is 1. The van der Waals surface area contributed by atoms with Crippen LogP contribution in [0.3, 0.4) is 0 Å². The first kappa shape index (κ1) is 15.1. The van der Waals surface area contributed by atoms with Crippen LogP contribution in [0.25, 0.3) is 11.1 Å². The van der Waals surface area contributed by atoms with E-state index < -0.39 is 23.9 Å². The van der Waals surface area contributed by atoms with Gasteiger partial charge in [0.25, 0.3) is 0 Å². The van der Waals surface area contributed by atoms with Crippen molar-refractivity contribution < 1.29 is 24.5 Å². The van der Waals surface area contributed by atoms with E-state index in [0.717, 1.165) is 0 Å². The number of ether oxygens (including phenoxy) is 1. The van der Waals surface area contributed by atoms with Crippen LogP contribution in [0.2, 0.25) is 0 Å². The molecule has 0 aliphatic carbocycles. The van der Waals surface area contributed by atoms with Gasteiger partial charge in [-0.05, 0) is 13.3 Å². The van der Waals surface area contributed by atoms with Gasteiger partial charge in [0.2, 0.25) is 0 Å². The van der Waals surface area contributed by atoms with Crippen LogP contribution in [0, 0.1) is 0 Å². The van der Waals surface area contributed by atoms with Gasteiger partial charge < -0.3 is 29.9 Å². The lowest BCUT2D eigenvalue weighted by Gasteiger charge is -2.25. The van der Waals surface area contributed by atoms with Gasteiger partial charge in [0, 0.05) is 12.2 Å². The van der Waals surface area contributed by atoms with Crippen molar-refractivity contribution in [1.29, 1.82) is 0 Å². The third kappa shape index (κ3) is 2.14. The smallest absolute Gasteiger partial charge is 0.196 e. The highest BCUT2D eigenvalue weighted by molar-refractivity contribution is 5.86. The lowest BCUT2D eigenvalue weighted by molar-refractivity contribution is -0.0643. The third-order valence-corrected chi connectivity index (χ3v) is 4.01. The number of fused-ring (bicyclic) bond motifs is 1. The van der Waals surface area contributed by atoms with E-state index in [4.69, 9.17) is 20.1 Å². The van der Waals surface area contributed by atoms with Crippen LogP contribution in [0.4, 0.5) is 5.82 Å². The van der Waals surface area contributed by atoms with Crippen LogP contribution in [-0.4, -0.2) is 49.7 Å². The van der Waals surface area contributed by atoms with Gasteiger partial charge >= 0.3 is 0 Å². The maximum absolute atomic E-state index is 10.6. The van der Waals surface area contributed by atoms with E-state index in [9.17, 15) is 10.2 Å². The van der Waals surface area contributed by atoms with Crippen molar-refractivity contribution in [2.45, 2.75) is 37.3 Å². The molecule has 2 aromatic heterocycles. The molecule has 3 heterocycles. The van der Waals surface area contributed by atoms with Gasteiger partial charge in [-0.15, -0.1) is 0 Å². The molecule has 0 aromatic carbocycles. The summed E-state index contributed by atoms with van der Waals surface area (Å²) in [4.78, 5) is 8.07. The Labute approximate surface area is 125 Å². The van der Waals surface area contributed by atoms with Crippen molar-refractivity contribution >= 4 is 16.9 Å². The molecule has 9 heteroatoms. The molecule has 22 heavy (non-hydrogen) atoms. The Bertz CT molecular complexity index is 673. The molecular weight excluding hydrogens is 292 g/mol. The fraction of sp³-hybridized carbons (Fsp3) is 0.538. The Morgan fingerprint density at radius 1 is 1.45 bits per heavy atom. The second-order valence-corrected chi connectivity index (χ2v) is 5.47. The Kier molecular flexibility index (Phi) is 3.75. The van der Waals surface area contributed by atoms with Crippen LogP contribution in [-0.2, 0) is 4.74 Å². The molecule has 1 aliphatic rings. The van der Waals surface area contributed by atoms with E-state index in [-0.39, 0.29) is 13.0 Å². The molecule has 0 saturated carbocycles. The largest absolute Gasteiger partial charge is 0.458 e. The van der Waals surface area contributed by atoms with Crippen LogP contribution in [0.1, 0.15) is 25.0 Å². The SMILES string of the molecule is C[C@@]1(O)[C@H](O)[C@@H](CCO)O[C@H]1c1coc2c(NN)ncnc12. The Balaban J connectivity index is 2.04. The quantitative estimate of drug-likeness (QED) is 0.370. The van der Waals surface area contributed by atoms with Gasteiger partial charge in [0.15, 0.2) is 11.4 Å². The highest BCUT2D eigenvalue weighted by atomic mass is 16.5. The second-order valence-electron chi connectivity index (χ2n) is 5.47. The summed E-state index contributed by atoms with van der Waals surface area (Å²) in [5.41, 5.74) is 2.11. The number of hydrogen-bond acceptors (Lipinski definition) is 9. The molecule has 120 valence electrons. The number of nitrogens with one attached hydrogen (secondary N) is 1. The zero-order chi connectivity index (χ0) is 15.9. The molecule has 2 aromatic rings. The number of nitrogen functional groups attached to an aromatic ring is 1. The first-order chi connectivity index (χ1) is 10.5. The van der Waals surface area contributed by atoms with E-state index in [1.54, 1.807) is 0 Å². The van der Waals surface area contributed by atoms with Crippen molar-refractivity contribution in [3.63, 3.8) is 0 Å². The van der Waals surface area contributed by atoms with Gasteiger partial charge in [0.05, 0.1) is 12.4 Å². The maximum atomic E-state index is 10.6. The van der Waals surface area contributed by atoms with Gasteiger partial charge in [0.1, 0.15) is 29.7 Å². The number of nitrogens with zero attached hydrogens (tertiary/aromatic N) is 2. The summed E-state index contributed by atoms with van der Waals surface area (Å²) in [5, 5.41) is 29.8. The van der Waals surface area contributed by atoms with Crippen molar-refractivity contribution in [2.75, 3.05) is 12.0 Å². The third-order valence-electron chi connectivity index (χ3n) is 4.01. The zero-order valence-corrected chi connectivity index (χ0v) is 11.9. The monoisotopic (exact) mass is 310 g/mol. The minimum atomic E-state index is -1.54. The summed E-state index contributed by atoms with van der Waals surface area (Å²) in [6.45, 7) is 1.32. The van der Waals surface area contributed by atoms with Crippen molar-refractivity contribution in [1.82, 2.24) is 9.97 Å². The molecule has 0 bridgehead atoms. The van der Waals surface area contributed by atoms with Crippen LogP contribution >= 0.6 is 0 Å². The van der Waals surface area contributed by atoms with Crippen LogP contribution in [0.5, 0.6) is 0 Å². The number of rotatable bonds is 4. The summed E-state index contributed by atoms with van der Waals surface area (Å²) in [7, 11) is 0. The second kappa shape index (κ2) is 5.45. The van der Waals surface area contributed by atoms with E-state index in [1.165, 1.54) is 19.5 Å². The van der Waals surface area contributed by atoms with E-state index in [0.29, 0.717) is 22.5 Å². The van der Waals surface area contributed by atoms with Crippen LogP contribution < -0.4 is 11.3 Å². The standard InChI is InChI=1S/C13H18N4O5/c1-13(20)10(19)7(2-3-18)22-11(13)6-4-21-9-8(6)15-5-16-12(9)17-14/h4-5,7,10-11,18-20H,2-3,14H2,1H3,(H,15,16,17)/t7-,10-,11+,13-/m1/s1. The molecule has 4 atom stereocenters. The molecule has 9 nitrogen and oxygen atoms in total. The number of aliphatic hydroxyl groups is 3. The maximum Gasteiger partial charge on any atom is 0.196 e. The Hall–Kier alpha value is -1.78. The van der Waals surface area contributed by atoms with Gasteiger partial charge in [-0.1, -0.05) is 0 Å². The zero-order valence-electron chi connectivity index (χ0n) is 11.9. The molecule has 0 radical (unpaired) electrons. The Morgan fingerprint density at radius 2 is 2.23 bits per heavy atom. The number of hydrazine groups is 1. The lowest BCUT2D eigenvalue weighted by Crippen LogP contribution is -2.42. The average molecular weight is 310 g/mol. The topological polar surface area (TPSA) is 147 Å². The minimum Gasteiger partial charge on any atom is -0.458 e. The number of hydrogen-bond donors (Lipinski definition) is 5. The molecule has 1 saturated heterocycles. The van der Waals surface area contributed by atoms with Crippen molar-refractivity contribution in [3.8, 4) is 0 Å². The van der Waals surface area contributed by atoms with E-state index in [1.807, 2.05) is 0 Å². The molecule has 0 spiro atoms. The number of nitrogens with two attached hydrogens (primary N) is 1. The van der Waals surface area contributed by atoms with Crippen molar-refractivity contribution in [3.05, 3.63) is 18.2 Å². The summed E-state index contributed by atoms with van der Waals surface area (Å²) in [6, 6.07) is 0. The normalized spacial score (nSPS) is 31.8.